The number of carboxylic acids is 1. The SMILES string of the molecule is O=C(O)CCCCNc1cccc2c1C(=O)N(C1CCC(=O)NC1=O)C2=O. The summed E-state index contributed by atoms with van der Waals surface area (Å²) >= 11 is 0. The normalized spacial score (nSPS) is 19.1. The van der Waals surface area contributed by atoms with Gasteiger partial charge in [-0.15, -0.1) is 0 Å². The largest absolute Gasteiger partial charge is 0.481 e. The van der Waals surface area contributed by atoms with Crippen molar-refractivity contribution in [3.8, 4) is 0 Å². The first kappa shape index (κ1) is 18.6. The highest BCUT2D eigenvalue weighted by atomic mass is 16.4. The van der Waals surface area contributed by atoms with Crippen molar-refractivity contribution in [2.24, 2.45) is 0 Å². The van der Waals surface area contributed by atoms with Crippen molar-refractivity contribution in [3.05, 3.63) is 29.3 Å². The molecule has 0 aliphatic carbocycles. The summed E-state index contributed by atoms with van der Waals surface area (Å²) in [6.07, 6.45) is 1.32. The minimum Gasteiger partial charge on any atom is -0.481 e. The number of unbranched alkanes of at least 4 members (excludes halogenated alkanes) is 1. The van der Waals surface area contributed by atoms with Crippen LogP contribution in [0, 0.1) is 0 Å². The zero-order chi connectivity index (χ0) is 19.6. The number of aliphatic carboxylic acids is 1. The van der Waals surface area contributed by atoms with Crippen LogP contribution in [0.1, 0.15) is 52.8 Å². The fourth-order valence-corrected chi connectivity index (χ4v) is 3.29. The third kappa shape index (κ3) is 3.67. The van der Waals surface area contributed by atoms with Crippen LogP contribution in [0.5, 0.6) is 0 Å². The van der Waals surface area contributed by atoms with Crippen LogP contribution in [0.25, 0.3) is 0 Å². The topological polar surface area (TPSA) is 133 Å². The van der Waals surface area contributed by atoms with Crippen LogP contribution in [0.2, 0.25) is 0 Å². The number of benzene rings is 1. The number of anilines is 1. The van der Waals surface area contributed by atoms with Crippen molar-refractivity contribution in [1.29, 1.82) is 0 Å². The van der Waals surface area contributed by atoms with Crippen molar-refractivity contribution >= 4 is 35.3 Å². The second kappa shape index (κ2) is 7.56. The summed E-state index contributed by atoms with van der Waals surface area (Å²) in [5.41, 5.74) is 0.877. The number of nitrogens with zero attached hydrogens (tertiary/aromatic N) is 1. The highest BCUT2D eigenvalue weighted by Gasteiger charge is 2.45. The molecule has 1 fully saturated rings. The van der Waals surface area contributed by atoms with E-state index in [9.17, 15) is 24.0 Å². The Balaban J connectivity index is 1.75. The summed E-state index contributed by atoms with van der Waals surface area (Å²) in [6, 6.07) is 3.82. The Bertz CT molecular complexity index is 834. The lowest BCUT2D eigenvalue weighted by Gasteiger charge is -2.27. The molecule has 142 valence electrons. The van der Waals surface area contributed by atoms with Gasteiger partial charge in [-0.2, -0.15) is 0 Å². The van der Waals surface area contributed by atoms with Crippen molar-refractivity contribution in [3.63, 3.8) is 0 Å². The molecule has 0 aromatic heterocycles. The maximum absolute atomic E-state index is 12.9. The van der Waals surface area contributed by atoms with Crippen LogP contribution in [0.3, 0.4) is 0 Å². The van der Waals surface area contributed by atoms with Crippen molar-refractivity contribution in [1.82, 2.24) is 10.2 Å². The molecule has 0 saturated carbocycles. The third-order valence-electron chi connectivity index (χ3n) is 4.60. The predicted octanol–water partition coefficient (Wildman–Crippen LogP) is 0.755. The van der Waals surface area contributed by atoms with E-state index in [0.29, 0.717) is 25.1 Å². The standard InChI is InChI=1S/C18H19N3O6/c22-13-8-7-12(16(25)20-13)21-17(26)10-4-3-5-11(15(10)18(21)27)19-9-2-1-6-14(23)24/h3-5,12,19H,1-2,6-9H2,(H,23,24)(H,20,22,25). The lowest BCUT2D eigenvalue weighted by atomic mass is 10.0. The first-order chi connectivity index (χ1) is 12.9. The average molecular weight is 373 g/mol. The summed E-state index contributed by atoms with van der Waals surface area (Å²) in [7, 11) is 0. The zero-order valence-corrected chi connectivity index (χ0v) is 14.5. The minimum atomic E-state index is -1.00. The van der Waals surface area contributed by atoms with Gasteiger partial charge in [-0.3, -0.25) is 34.2 Å². The van der Waals surface area contributed by atoms with Gasteiger partial charge in [-0.25, -0.2) is 0 Å². The molecule has 1 atom stereocenters. The summed E-state index contributed by atoms with van der Waals surface area (Å²) in [6.45, 7) is 0.448. The van der Waals surface area contributed by atoms with E-state index >= 15 is 0 Å². The number of piperidine rings is 1. The van der Waals surface area contributed by atoms with Crippen molar-refractivity contribution < 1.29 is 29.1 Å². The maximum atomic E-state index is 12.9. The molecule has 0 bridgehead atoms. The van der Waals surface area contributed by atoms with E-state index in [1.165, 1.54) is 6.07 Å². The Morgan fingerprint density at radius 3 is 2.67 bits per heavy atom. The second-order valence-corrected chi connectivity index (χ2v) is 6.45. The number of hydrogen-bond acceptors (Lipinski definition) is 6. The minimum absolute atomic E-state index is 0.0648. The molecule has 3 N–H and O–H groups in total. The van der Waals surface area contributed by atoms with E-state index in [1.807, 2.05) is 0 Å². The summed E-state index contributed by atoms with van der Waals surface area (Å²) < 4.78 is 0. The zero-order valence-electron chi connectivity index (χ0n) is 14.5. The molecule has 27 heavy (non-hydrogen) atoms. The molecule has 2 aliphatic heterocycles. The molecular weight excluding hydrogens is 354 g/mol. The number of imide groups is 2. The molecule has 3 rings (SSSR count). The molecule has 0 spiro atoms. The number of amides is 4. The Labute approximate surface area is 154 Å². The monoisotopic (exact) mass is 373 g/mol. The highest BCUT2D eigenvalue weighted by molar-refractivity contribution is 6.25. The lowest BCUT2D eigenvalue weighted by molar-refractivity contribution is -0.138. The summed E-state index contributed by atoms with van der Waals surface area (Å²) in [5.74, 6) is -3.06. The van der Waals surface area contributed by atoms with E-state index in [-0.39, 0.29) is 30.4 Å². The summed E-state index contributed by atoms with van der Waals surface area (Å²) in [5, 5.41) is 13.9. The molecule has 4 amide bonds. The van der Waals surface area contributed by atoms with Gasteiger partial charge in [0.2, 0.25) is 11.8 Å². The maximum Gasteiger partial charge on any atom is 0.303 e. The first-order valence-corrected chi connectivity index (χ1v) is 8.70. The van der Waals surface area contributed by atoms with Gasteiger partial charge in [-0.1, -0.05) is 6.07 Å². The predicted molar refractivity (Wildman–Crippen MR) is 93.1 cm³/mol. The third-order valence-corrected chi connectivity index (χ3v) is 4.60. The summed E-state index contributed by atoms with van der Waals surface area (Å²) in [4.78, 5) is 60.4. The van der Waals surface area contributed by atoms with Crippen LogP contribution in [0.15, 0.2) is 18.2 Å². The van der Waals surface area contributed by atoms with Crippen LogP contribution < -0.4 is 10.6 Å². The number of carbonyl (C=O) groups is 5. The molecule has 1 unspecified atom stereocenters. The second-order valence-electron chi connectivity index (χ2n) is 6.45. The highest BCUT2D eigenvalue weighted by Crippen LogP contribution is 2.32. The molecule has 9 nitrogen and oxygen atoms in total. The molecule has 9 heteroatoms. The van der Waals surface area contributed by atoms with E-state index in [0.717, 1.165) is 4.90 Å². The van der Waals surface area contributed by atoms with Gasteiger partial charge in [0.15, 0.2) is 0 Å². The fourth-order valence-electron chi connectivity index (χ4n) is 3.29. The molecule has 2 aliphatic rings. The average Bonchev–Trinajstić information content (AvgIpc) is 2.87. The molecule has 1 aromatic rings. The first-order valence-electron chi connectivity index (χ1n) is 8.70. The Hall–Kier alpha value is -3.23. The van der Waals surface area contributed by atoms with Gasteiger partial charge < -0.3 is 10.4 Å². The van der Waals surface area contributed by atoms with Crippen molar-refractivity contribution in [2.75, 3.05) is 11.9 Å². The lowest BCUT2D eigenvalue weighted by Crippen LogP contribution is -2.54. The number of fused-ring (bicyclic) bond motifs is 1. The van der Waals surface area contributed by atoms with Crippen molar-refractivity contribution in [2.45, 2.75) is 38.1 Å². The van der Waals surface area contributed by atoms with Gasteiger partial charge >= 0.3 is 5.97 Å². The smallest absolute Gasteiger partial charge is 0.303 e. The Kier molecular flexibility index (Phi) is 5.20. The molecule has 2 heterocycles. The van der Waals surface area contributed by atoms with Crippen LogP contribution >= 0.6 is 0 Å². The fraction of sp³-hybridized carbons (Fsp3) is 0.389. The van der Waals surface area contributed by atoms with E-state index in [2.05, 4.69) is 10.6 Å². The van der Waals surface area contributed by atoms with Crippen LogP contribution in [0.4, 0.5) is 5.69 Å². The van der Waals surface area contributed by atoms with E-state index in [4.69, 9.17) is 5.11 Å². The van der Waals surface area contributed by atoms with Gasteiger partial charge in [0.25, 0.3) is 11.8 Å². The molecular formula is C18H19N3O6. The molecule has 0 radical (unpaired) electrons. The Morgan fingerprint density at radius 1 is 1.19 bits per heavy atom. The quantitative estimate of drug-likeness (QED) is 0.474. The molecule has 1 saturated heterocycles. The van der Waals surface area contributed by atoms with Gasteiger partial charge in [0, 0.05) is 25.1 Å². The van der Waals surface area contributed by atoms with Gasteiger partial charge in [0.1, 0.15) is 6.04 Å². The number of rotatable bonds is 7. The van der Waals surface area contributed by atoms with Gasteiger partial charge in [-0.05, 0) is 31.4 Å². The van der Waals surface area contributed by atoms with Crippen LogP contribution in [-0.2, 0) is 14.4 Å². The number of carboxylic acid groups (broad SMARTS) is 1. The van der Waals surface area contributed by atoms with Crippen LogP contribution in [-0.4, -0.2) is 52.2 Å². The number of nitrogens with one attached hydrogen (secondary N) is 2. The molecule has 1 aromatic carbocycles. The number of carbonyl (C=O) groups excluding carboxylic acids is 4. The van der Waals surface area contributed by atoms with E-state index < -0.39 is 35.6 Å². The van der Waals surface area contributed by atoms with E-state index in [1.54, 1.807) is 12.1 Å². The Morgan fingerprint density at radius 2 is 1.96 bits per heavy atom. The number of hydrogen-bond donors (Lipinski definition) is 3. The van der Waals surface area contributed by atoms with Gasteiger partial charge in [0.05, 0.1) is 11.1 Å².